The van der Waals surface area contributed by atoms with Crippen LogP contribution in [0.15, 0.2) is 34.9 Å². The summed E-state index contributed by atoms with van der Waals surface area (Å²) in [7, 11) is 0. The highest BCUT2D eigenvalue weighted by Gasteiger charge is 2.29. The summed E-state index contributed by atoms with van der Waals surface area (Å²) in [6.07, 6.45) is 5.24. The third kappa shape index (κ3) is 4.14. The highest BCUT2D eigenvalue weighted by molar-refractivity contribution is 9.10. The fraction of sp³-hybridized carbons (Fsp3) is 0.471. The quantitative estimate of drug-likeness (QED) is 0.792. The van der Waals surface area contributed by atoms with Crippen LogP contribution in [0.25, 0.3) is 0 Å². The van der Waals surface area contributed by atoms with Crippen molar-refractivity contribution in [2.24, 2.45) is 5.92 Å². The molecule has 6 nitrogen and oxygen atoms in total. The van der Waals surface area contributed by atoms with Crippen LogP contribution in [-0.2, 0) is 13.1 Å². The van der Waals surface area contributed by atoms with Gasteiger partial charge in [0.2, 0.25) is 0 Å². The minimum absolute atomic E-state index is 0.0539. The Kier molecular flexibility index (Phi) is 5.50. The van der Waals surface area contributed by atoms with E-state index >= 15 is 0 Å². The Balaban J connectivity index is 1.59. The lowest BCUT2D eigenvalue weighted by Gasteiger charge is -2.34. The lowest BCUT2D eigenvalue weighted by atomic mass is 9.77. The zero-order chi connectivity index (χ0) is 16.9. The second-order valence-electron chi connectivity index (χ2n) is 6.07. The summed E-state index contributed by atoms with van der Waals surface area (Å²) < 4.78 is 1.04. The molecule has 0 spiro atoms. The monoisotopic (exact) mass is 391 g/mol. The lowest BCUT2D eigenvalue weighted by Crippen LogP contribution is -2.41. The van der Waals surface area contributed by atoms with Gasteiger partial charge in [0.1, 0.15) is 5.69 Å². The van der Waals surface area contributed by atoms with Gasteiger partial charge in [-0.05, 0) is 43.4 Å². The van der Waals surface area contributed by atoms with Crippen LogP contribution >= 0.6 is 15.9 Å². The molecular formula is C17H22BrN5O. The van der Waals surface area contributed by atoms with Crippen LogP contribution in [-0.4, -0.2) is 21.0 Å². The summed E-state index contributed by atoms with van der Waals surface area (Å²) in [5.41, 5.74) is 1.91. The number of amides is 2. The van der Waals surface area contributed by atoms with Crippen molar-refractivity contribution in [2.75, 3.05) is 0 Å². The first-order chi connectivity index (χ1) is 11.7. The first kappa shape index (κ1) is 17.0. The molecule has 0 radical (unpaired) electrons. The summed E-state index contributed by atoms with van der Waals surface area (Å²) in [6.45, 7) is 3.08. The number of rotatable bonds is 6. The van der Waals surface area contributed by atoms with E-state index in [9.17, 15) is 4.79 Å². The Morgan fingerprint density at radius 2 is 2.12 bits per heavy atom. The van der Waals surface area contributed by atoms with Gasteiger partial charge in [-0.2, -0.15) is 15.0 Å². The van der Waals surface area contributed by atoms with Gasteiger partial charge in [-0.1, -0.05) is 34.5 Å². The Morgan fingerprint density at radius 1 is 1.38 bits per heavy atom. The van der Waals surface area contributed by atoms with Crippen LogP contribution < -0.4 is 10.6 Å². The molecule has 2 N–H and O–H groups in total. The zero-order valence-corrected chi connectivity index (χ0v) is 15.3. The van der Waals surface area contributed by atoms with Crippen LogP contribution in [0.1, 0.15) is 43.5 Å². The second kappa shape index (κ2) is 7.79. The molecule has 2 amide bonds. The molecule has 1 atom stereocenters. The minimum atomic E-state index is -0.166. The molecular weight excluding hydrogens is 370 g/mol. The van der Waals surface area contributed by atoms with Crippen molar-refractivity contribution < 1.29 is 4.79 Å². The molecule has 2 aromatic rings. The van der Waals surface area contributed by atoms with E-state index in [1.165, 1.54) is 6.42 Å². The predicted molar refractivity (Wildman–Crippen MR) is 95.3 cm³/mol. The van der Waals surface area contributed by atoms with Crippen molar-refractivity contribution in [3.63, 3.8) is 0 Å². The summed E-state index contributed by atoms with van der Waals surface area (Å²) in [5.74, 6) is 0.512. The van der Waals surface area contributed by atoms with Crippen molar-refractivity contribution in [3.8, 4) is 0 Å². The molecule has 0 aliphatic heterocycles. The average molecular weight is 392 g/mol. The van der Waals surface area contributed by atoms with Crippen LogP contribution in [0.5, 0.6) is 0 Å². The molecule has 0 bridgehead atoms. The van der Waals surface area contributed by atoms with Gasteiger partial charge < -0.3 is 10.6 Å². The van der Waals surface area contributed by atoms with Crippen molar-refractivity contribution in [1.29, 1.82) is 0 Å². The molecule has 128 valence electrons. The van der Waals surface area contributed by atoms with Gasteiger partial charge >= 0.3 is 6.03 Å². The molecule has 1 unspecified atom stereocenters. The number of halogens is 1. The van der Waals surface area contributed by atoms with Crippen LogP contribution in [0.2, 0.25) is 0 Å². The number of hydrogen-bond donors (Lipinski definition) is 2. The Morgan fingerprint density at radius 3 is 2.71 bits per heavy atom. The fourth-order valence-electron chi connectivity index (χ4n) is 2.85. The summed E-state index contributed by atoms with van der Waals surface area (Å²) in [5, 5.41) is 14.4. The number of benzene rings is 1. The van der Waals surface area contributed by atoms with Crippen molar-refractivity contribution in [1.82, 2.24) is 25.6 Å². The predicted octanol–water partition coefficient (Wildman–Crippen LogP) is 3.40. The zero-order valence-electron chi connectivity index (χ0n) is 13.7. The van der Waals surface area contributed by atoms with Crippen molar-refractivity contribution in [3.05, 3.63) is 46.2 Å². The number of aryl methyl sites for hydroxylation is 1. The number of aromatic nitrogens is 3. The van der Waals surface area contributed by atoms with E-state index in [1.54, 1.807) is 11.0 Å². The molecule has 3 rings (SSSR count). The highest BCUT2D eigenvalue weighted by atomic mass is 79.9. The number of nitrogens with one attached hydrogen (secondary N) is 2. The van der Waals surface area contributed by atoms with E-state index in [-0.39, 0.29) is 12.1 Å². The standard InChI is InChI=1S/C17H22BrN5O/c1-2-23-20-11-15(22-23)10-19-17(24)21-16(12-4-3-5-12)13-6-8-14(18)9-7-13/h6-9,11-12,16H,2-5,10H2,1H3,(H2,19,21,24). The maximum absolute atomic E-state index is 12.3. The smallest absolute Gasteiger partial charge is 0.315 e. The van der Waals surface area contributed by atoms with Crippen LogP contribution in [0.3, 0.4) is 0 Å². The van der Waals surface area contributed by atoms with Gasteiger partial charge in [-0.3, -0.25) is 0 Å². The molecule has 1 aromatic heterocycles. The SMILES string of the molecule is CCn1ncc(CNC(=O)NC(c2ccc(Br)cc2)C2CCC2)n1. The summed E-state index contributed by atoms with van der Waals surface area (Å²) in [4.78, 5) is 13.9. The van der Waals surface area contributed by atoms with E-state index in [4.69, 9.17) is 0 Å². The molecule has 1 heterocycles. The molecule has 1 saturated carbocycles. The maximum Gasteiger partial charge on any atom is 0.315 e. The third-order valence-electron chi connectivity index (χ3n) is 4.43. The number of urea groups is 1. The van der Waals surface area contributed by atoms with E-state index in [1.807, 2.05) is 19.1 Å². The van der Waals surface area contributed by atoms with Crippen molar-refractivity contribution in [2.45, 2.75) is 45.3 Å². The van der Waals surface area contributed by atoms with Crippen LogP contribution in [0.4, 0.5) is 4.79 Å². The number of nitrogens with zero attached hydrogens (tertiary/aromatic N) is 3. The molecule has 24 heavy (non-hydrogen) atoms. The molecule has 1 aliphatic carbocycles. The summed E-state index contributed by atoms with van der Waals surface area (Å²) >= 11 is 3.46. The van der Waals surface area contributed by atoms with Crippen molar-refractivity contribution >= 4 is 22.0 Å². The minimum Gasteiger partial charge on any atom is -0.332 e. The normalized spacial score (nSPS) is 15.6. The molecule has 7 heteroatoms. The molecule has 0 saturated heterocycles. The molecule has 1 fully saturated rings. The Labute approximate surface area is 150 Å². The maximum atomic E-state index is 12.3. The topological polar surface area (TPSA) is 71.8 Å². The molecule has 1 aromatic carbocycles. The lowest BCUT2D eigenvalue weighted by molar-refractivity contribution is 0.207. The van der Waals surface area contributed by atoms with Gasteiger partial charge in [0.05, 0.1) is 25.3 Å². The number of hydrogen-bond acceptors (Lipinski definition) is 3. The third-order valence-corrected chi connectivity index (χ3v) is 4.96. The number of carbonyl (C=O) groups excluding carboxylic acids is 1. The first-order valence-corrected chi connectivity index (χ1v) is 9.14. The average Bonchev–Trinajstić information content (AvgIpc) is 2.99. The van der Waals surface area contributed by atoms with E-state index < -0.39 is 0 Å². The second-order valence-corrected chi connectivity index (χ2v) is 6.99. The summed E-state index contributed by atoms with van der Waals surface area (Å²) in [6, 6.07) is 8.06. The first-order valence-electron chi connectivity index (χ1n) is 8.34. The Bertz CT molecular complexity index is 681. The fourth-order valence-corrected chi connectivity index (χ4v) is 3.11. The van der Waals surface area contributed by atoms with E-state index in [0.29, 0.717) is 12.5 Å². The van der Waals surface area contributed by atoms with Gasteiger partial charge in [0.25, 0.3) is 0 Å². The van der Waals surface area contributed by atoms with E-state index in [2.05, 4.69) is 48.9 Å². The highest BCUT2D eigenvalue weighted by Crippen LogP contribution is 2.37. The van der Waals surface area contributed by atoms with Crippen LogP contribution in [0, 0.1) is 5.92 Å². The van der Waals surface area contributed by atoms with Gasteiger partial charge in [-0.25, -0.2) is 4.79 Å². The largest absolute Gasteiger partial charge is 0.332 e. The van der Waals surface area contributed by atoms with Gasteiger partial charge in [0.15, 0.2) is 0 Å². The molecule has 1 aliphatic rings. The Hall–Kier alpha value is -1.89. The van der Waals surface area contributed by atoms with E-state index in [0.717, 1.165) is 35.1 Å². The number of carbonyl (C=O) groups is 1. The van der Waals surface area contributed by atoms with Gasteiger partial charge in [0, 0.05) is 4.47 Å². The van der Waals surface area contributed by atoms with Gasteiger partial charge in [-0.15, -0.1) is 0 Å².